The second-order valence-electron chi connectivity index (χ2n) is 5.29. The van der Waals surface area contributed by atoms with E-state index in [1.54, 1.807) is 24.5 Å². The van der Waals surface area contributed by atoms with Crippen molar-refractivity contribution in [3.8, 4) is 0 Å². The zero-order valence-electron chi connectivity index (χ0n) is 12.0. The van der Waals surface area contributed by atoms with Crippen LogP contribution in [0.5, 0.6) is 0 Å². The molecule has 2 atom stereocenters. The lowest BCUT2D eigenvalue weighted by Gasteiger charge is -2.37. The zero-order valence-corrected chi connectivity index (χ0v) is 12.0. The number of aromatic nitrogens is 1. The molecule has 0 radical (unpaired) electrons. The molecule has 0 bridgehead atoms. The summed E-state index contributed by atoms with van der Waals surface area (Å²) in [5, 5.41) is 0. The fourth-order valence-electron chi connectivity index (χ4n) is 2.65. The van der Waals surface area contributed by atoms with Crippen LogP contribution < -0.4 is 0 Å². The number of benzene rings is 1. The first-order valence-electron chi connectivity index (χ1n) is 7.14. The minimum absolute atomic E-state index is 0.0229. The molecule has 1 aromatic heterocycles. The molecule has 1 aliphatic rings. The van der Waals surface area contributed by atoms with E-state index >= 15 is 0 Å². The maximum absolute atomic E-state index is 12.6. The van der Waals surface area contributed by atoms with Crippen LogP contribution in [0, 0.1) is 0 Å². The highest BCUT2D eigenvalue weighted by Crippen LogP contribution is 2.25. The van der Waals surface area contributed by atoms with Gasteiger partial charge in [0.1, 0.15) is 6.10 Å². The van der Waals surface area contributed by atoms with E-state index < -0.39 is 0 Å². The lowest BCUT2D eigenvalue weighted by Crippen LogP contribution is -2.45. The first-order chi connectivity index (χ1) is 10.2. The molecule has 1 aromatic carbocycles. The van der Waals surface area contributed by atoms with Gasteiger partial charge in [0, 0.05) is 24.5 Å². The van der Waals surface area contributed by atoms with Crippen molar-refractivity contribution in [3.05, 3.63) is 66.0 Å². The van der Waals surface area contributed by atoms with Crippen molar-refractivity contribution in [1.82, 2.24) is 9.88 Å². The average Bonchev–Trinajstić information content (AvgIpc) is 2.55. The molecule has 1 amide bonds. The van der Waals surface area contributed by atoms with Crippen LogP contribution in [0.4, 0.5) is 0 Å². The summed E-state index contributed by atoms with van der Waals surface area (Å²) in [6.07, 6.45) is 3.24. The monoisotopic (exact) mass is 282 g/mol. The van der Waals surface area contributed by atoms with Crippen LogP contribution in [0.25, 0.3) is 0 Å². The fraction of sp³-hybridized carbons (Fsp3) is 0.294. The van der Waals surface area contributed by atoms with E-state index in [9.17, 15) is 4.79 Å². The molecular weight excluding hydrogens is 264 g/mol. The molecule has 0 aliphatic carbocycles. The lowest BCUT2D eigenvalue weighted by atomic mass is 10.1. The molecule has 0 saturated carbocycles. The van der Waals surface area contributed by atoms with Crippen molar-refractivity contribution in [1.29, 1.82) is 0 Å². The first-order valence-corrected chi connectivity index (χ1v) is 7.14. The Hall–Kier alpha value is -2.20. The van der Waals surface area contributed by atoms with Gasteiger partial charge in [-0.15, -0.1) is 0 Å². The standard InChI is InChI=1S/C17H18N2O2/c1-13-11-19(17(20)15-7-9-18-10-8-15)12-16(21-13)14-5-3-2-4-6-14/h2-10,13,16H,11-12H2,1H3. The maximum atomic E-state index is 12.6. The predicted molar refractivity (Wildman–Crippen MR) is 79.9 cm³/mol. The molecule has 2 heterocycles. The second kappa shape index (κ2) is 6.06. The largest absolute Gasteiger partial charge is 0.367 e. The summed E-state index contributed by atoms with van der Waals surface area (Å²) >= 11 is 0. The summed E-state index contributed by atoms with van der Waals surface area (Å²) in [6, 6.07) is 13.5. The summed E-state index contributed by atoms with van der Waals surface area (Å²) in [4.78, 5) is 18.4. The van der Waals surface area contributed by atoms with E-state index in [-0.39, 0.29) is 18.1 Å². The molecule has 108 valence electrons. The third kappa shape index (κ3) is 3.11. The number of amides is 1. The number of nitrogens with zero attached hydrogens (tertiary/aromatic N) is 2. The fourth-order valence-corrected chi connectivity index (χ4v) is 2.65. The predicted octanol–water partition coefficient (Wildman–Crippen LogP) is 2.68. The van der Waals surface area contributed by atoms with Crippen LogP contribution in [0.15, 0.2) is 54.9 Å². The van der Waals surface area contributed by atoms with Gasteiger partial charge in [-0.1, -0.05) is 30.3 Å². The van der Waals surface area contributed by atoms with Crippen LogP contribution in [0.1, 0.15) is 28.9 Å². The average molecular weight is 282 g/mol. The van der Waals surface area contributed by atoms with Crippen molar-refractivity contribution >= 4 is 5.91 Å². The summed E-state index contributed by atoms with van der Waals surface area (Å²) < 4.78 is 5.98. The van der Waals surface area contributed by atoms with E-state index in [0.29, 0.717) is 18.7 Å². The Labute approximate surface area is 124 Å². The number of rotatable bonds is 2. The molecule has 3 rings (SSSR count). The summed E-state index contributed by atoms with van der Waals surface area (Å²) in [7, 11) is 0. The summed E-state index contributed by atoms with van der Waals surface area (Å²) in [5.41, 5.74) is 1.78. The highest BCUT2D eigenvalue weighted by molar-refractivity contribution is 5.94. The van der Waals surface area contributed by atoms with E-state index in [0.717, 1.165) is 5.56 Å². The Balaban J connectivity index is 1.79. The van der Waals surface area contributed by atoms with Gasteiger partial charge in [-0.25, -0.2) is 0 Å². The van der Waals surface area contributed by atoms with Gasteiger partial charge in [-0.3, -0.25) is 9.78 Å². The van der Waals surface area contributed by atoms with Crippen molar-refractivity contribution in [2.24, 2.45) is 0 Å². The van der Waals surface area contributed by atoms with Gasteiger partial charge in [0.15, 0.2) is 0 Å². The van der Waals surface area contributed by atoms with Crippen LogP contribution in [-0.2, 0) is 4.74 Å². The summed E-state index contributed by atoms with van der Waals surface area (Å²) in [5.74, 6) is 0.0356. The van der Waals surface area contributed by atoms with Gasteiger partial charge >= 0.3 is 0 Å². The van der Waals surface area contributed by atoms with Crippen molar-refractivity contribution in [3.63, 3.8) is 0 Å². The Morgan fingerprint density at radius 1 is 1.14 bits per heavy atom. The highest BCUT2D eigenvalue weighted by Gasteiger charge is 2.29. The molecular formula is C17H18N2O2. The zero-order chi connectivity index (χ0) is 14.7. The first kappa shape index (κ1) is 13.8. The van der Waals surface area contributed by atoms with E-state index in [1.165, 1.54) is 0 Å². The smallest absolute Gasteiger partial charge is 0.254 e. The van der Waals surface area contributed by atoms with E-state index in [2.05, 4.69) is 4.98 Å². The van der Waals surface area contributed by atoms with Crippen LogP contribution in [0.2, 0.25) is 0 Å². The molecule has 2 aromatic rings. The Bertz CT molecular complexity index is 601. The van der Waals surface area contributed by atoms with Crippen LogP contribution in [-0.4, -0.2) is 35.0 Å². The Kier molecular flexibility index (Phi) is 3.97. The van der Waals surface area contributed by atoms with Crippen molar-refractivity contribution in [2.75, 3.05) is 13.1 Å². The van der Waals surface area contributed by atoms with Crippen molar-refractivity contribution < 1.29 is 9.53 Å². The Morgan fingerprint density at radius 3 is 2.57 bits per heavy atom. The molecule has 21 heavy (non-hydrogen) atoms. The highest BCUT2D eigenvalue weighted by atomic mass is 16.5. The molecule has 1 fully saturated rings. The summed E-state index contributed by atoms with van der Waals surface area (Å²) in [6.45, 7) is 3.20. The van der Waals surface area contributed by atoms with Crippen LogP contribution >= 0.6 is 0 Å². The Morgan fingerprint density at radius 2 is 1.86 bits per heavy atom. The van der Waals surface area contributed by atoms with Gasteiger partial charge in [0.25, 0.3) is 5.91 Å². The van der Waals surface area contributed by atoms with Gasteiger partial charge in [-0.2, -0.15) is 0 Å². The minimum atomic E-state index is -0.0688. The van der Waals surface area contributed by atoms with Crippen LogP contribution in [0.3, 0.4) is 0 Å². The molecule has 4 heteroatoms. The minimum Gasteiger partial charge on any atom is -0.367 e. The quantitative estimate of drug-likeness (QED) is 0.850. The second-order valence-corrected chi connectivity index (χ2v) is 5.29. The van der Waals surface area contributed by atoms with Gasteiger partial charge < -0.3 is 9.64 Å². The SMILES string of the molecule is CC1CN(C(=O)c2ccncc2)CC(c2ccccc2)O1. The number of hydrogen-bond donors (Lipinski definition) is 0. The number of carbonyl (C=O) groups excluding carboxylic acids is 1. The van der Waals surface area contributed by atoms with Gasteiger partial charge in [0.05, 0.1) is 12.6 Å². The van der Waals surface area contributed by atoms with Gasteiger partial charge in [0.2, 0.25) is 0 Å². The van der Waals surface area contributed by atoms with E-state index in [1.807, 2.05) is 42.2 Å². The molecule has 1 saturated heterocycles. The third-order valence-electron chi connectivity index (χ3n) is 3.65. The van der Waals surface area contributed by atoms with Gasteiger partial charge in [-0.05, 0) is 24.6 Å². The molecule has 0 N–H and O–H groups in total. The lowest BCUT2D eigenvalue weighted by molar-refractivity contribution is -0.0691. The number of carbonyl (C=O) groups is 1. The third-order valence-corrected chi connectivity index (χ3v) is 3.65. The molecule has 4 nitrogen and oxygen atoms in total. The topological polar surface area (TPSA) is 42.4 Å². The number of morpholine rings is 1. The van der Waals surface area contributed by atoms with E-state index in [4.69, 9.17) is 4.74 Å². The molecule has 0 spiro atoms. The number of hydrogen-bond acceptors (Lipinski definition) is 3. The molecule has 2 unspecified atom stereocenters. The maximum Gasteiger partial charge on any atom is 0.254 e. The number of pyridine rings is 1. The molecule has 1 aliphatic heterocycles. The number of ether oxygens (including phenoxy) is 1. The normalized spacial score (nSPS) is 22.0. The van der Waals surface area contributed by atoms with Crippen molar-refractivity contribution in [2.45, 2.75) is 19.1 Å².